The quantitative estimate of drug-likeness (QED) is 0.172. The molecule has 2 amide bonds. The van der Waals surface area contributed by atoms with Crippen LogP contribution in [0.4, 0.5) is 0 Å². The van der Waals surface area contributed by atoms with E-state index in [-0.39, 0.29) is 48.1 Å². The number of carbonyl (C=O) groups excluding carboxylic acids is 3. The maximum absolute atomic E-state index is 13.5. The van der Waals surface area contributed by atoms with Crippen LogP contribution in [0, 0.1) is 41.4 Å². The largest absolute Gasteiger partial charge is 0.483 e. The van der Waals surface area contributed by atoms with Gasteiger partial charge in [0.1, 0.15) is 11.9 Å². The third kappa shape index (κ3) is 8.95. The molecule has 274 valence electrons. The van der Waals surface area contributed by atoms with Crippen molar-refractivity contribution in [2.45, 2.75) is 84.3 Å². The number of aliphatic imine (C=N–C) groups is 1. The average Bonchev–Trinajstić information content (AvgIpc) is 3.97. The fourth-order valence-electron chi connectivity index (χ4n) is 7.03. The molecule has 0 bridgehead atoms. The van der Waals surface area contributed by atoms with E-state index < -0.39 is 12.0 Å². The molecular formula is C41H50N6O5. The highest BCUT2D eigenvalue weighted by Gasteiger charge is 2.39. The molecule has 52 heavy (non-hydrogen) atoms. The van der Waals surface area contributed by atoms with Gasteiger partial charge in [-0.1, -0.05) is 51.7 Å². The molecule has 3 aliphatic rings. The number of amides is 2. The first-order valence-corrected chi connectivity index (χ1v) is 18.1. The normalized spacial score (nSPS) is 19.2. The Kier molecular flexibility index (Phi) is 12.6. The van der Waals surface area contributed by atoms with Gasteiger partial charge in [0.2, 0.25) is 11.8 Å². The standard InChI is InChI=1S/C41H50N6O5/c1-26(2)32(23-37(48)52-7)40(49)47-21-11-15-36(47)39-43-25-34(45-39)31-18-16-29(17-19-31)12-8-9-13-30-22-33(42-24-30)35-14-10-20-46(35)41(50)38(27(3)4)44-28(5)51-6/h16-19,24-27,32,35-36,38,44H,5,10-11,14-15,20-23H2,1-4,6-7H3,(H,43,45)/t32-,35-,36-,38-/m0/s1. The van der Waals surface area contributed by atoms with Crippen LogP contribution in [0.15, 0.2) is 59.7 Å². The molecule has 5 rings (SSSR count). The lowest BCUT2D eigenvalue weighted by atomic mass is 9.91. The first-order valence-electron chi connectivity index (χ1n) is 18.1. The monoisotopic (exact) mass is 706 g/mol. The number of allylic oxidation sites excluding steroid dienone is 1. The van der Waals surface area contributed by atoms with E-state index in [2.05, 4.69) is 50.5 Å². The Bertz CT molecular complexity index is 1830. The Morgan fingerprint density at radius 1 is 0.942 bits per heavy atom. The molecule has 2 saturated heterocycles. The lowest BCUT2D eigenvalue weighted by molar-refractivity contribution is -0.148. The number of imidazole rings is 1. The van der Waals surface area contributed by atoms with Gasteiger partial charge >= 0.3 is 5.97 Å². The van der Waals surface area contributed by atoms with Gasteiger partial charge in [-0.2, -0.15) is 0 Å². The number of hydrogen-bond acceptors (Lipinski definition) is 8. The molecule has 1 aromatic heterocycles. The van der Waals surface area contributed by atoms with E-state index in [0.29, 0.717) is 25.4 Å². The summed E-state index contributed by atoms with van der Waals surface area (Å²) >= 11 is 0. The minimum atomic E-state index is -0.435. The molecule has 2 N–H and O–H groups in total. The van der Waals surface area contributed by atoms with Crippen LogP contribution in [0.5, 0.6) is 0 Å². The van der Waals surface area contributed by atoms with Crippen LogP contribution in [0.3, 0.4) is 0 Å². The lowest BCUT2D eigenvalue weighted by Gasteiger charge is -2.31. The Morgan fingerprint density at radius 2 is 1.62 bits per heavy atom. The van der Waals surface area contributed by atoms with Crippen molar-refractivity contribution < 1.29 is 23.9 Å². The van der Waals surface area contributed by atoms with Gasteiger partial charge in [-0.25, -0.2) is 4.98 Å². The summed E-state index contributed by atoms with van der Waals surface area (Å²) in [5, 5.41) is 3.12. The summed E-state index contributed by atoms with van der Waals surface area (Å²) in [4.78, 5) is 55.6. The summed E-state index contributed by atoms with van der Waals surface area (Å²) in [5.74, 6) is 12.6. The molecule has 0 spiro atoms. The molecule has 0 saturated carbocycles. The van der Waals surface area contributed by atoms with Crippen LogP contribution in [0.2, 0.25) is 0 Å². The summed E-state index contributed by atoms with van der Waals surface area (Å²) in [7, 11) is 2.88. The van der Waals surface area contributed by atoms with Crippen molar-refractivity contribution >= 4 is 23.5 Å². The third-order valence-electron chi connectivity index (χ3n) is 10.0. The van der Waals surface area contributed by atoms with Gasteiger partial charge in [-0.3, -0.25) is 19.4 Å². The van der Waals surface area contributed by atoms with Crippen molar-refractivity contribution in [2.75, 3.05) is 27.3 Å². The fraction of sp³-hybridized carbons (Fsp3) is 0.488. The summed E-state index contributed by atoms with van der Waals surface area (Å²) in [5.41, 5.74) is 4.48. The molecule has 4 atom stereocenters. The zero-order valence-electron chi connectivity index (χ0n) is 31.1. The predicted octanol–water partition coefficient (Wildman–Crippen LogP) is 5.38. The lowest BCUT2D eigenvalue weighted by Crippen LogP contribution is -2.52. The van der Waals surface area contributed by atoms with E-state index in [1.54, 1.807) is 12.4 Å². The van der Waals surface area contributed by atoms with Crippen LogP contribution in [0.25, 0.3) is 11.3 Å². The third-order valence-corrected chi connectivity index (χ3v) is 10.0. The van der Waals surface area contributed by atoms with Crippen molar-refractivity contribution in [3.8, 4) is 34.9 Å². The van der Waals surface area contributed by atoms with E-state index >= 15 is 0 Å². The van der Waals surface area contributed by atoms with E-state index in [1.165, 1.54) is 14.2 Å². The number of H-pyrrole nitrogens is 1. The average molecular weight is 707 g/mol. The van der Waals surface area contributed by atoms with Gasteiger partial charge < -0.3 is 29.6 Å². The van der Waals surface area contributed by atoms with Gasteiger partial charge in [0.25, 0.3) is 0 Å². The van der Waals surface area contributed by atoms with E-state index in [9.17, 15) is 14.4 Å². The molecule has 2 aromatic rings. The molecular weight excluding hydrogens is 656 g/mol. The molecule has 4 heterocycles. The van der Waals surface area contributed by atoms with Crippen LogP contribution in [-0.4, -0.2) is 82.7 Å². The molecule has 0 radical (unpaired) electrons. The number of carbonyl (C=O) groups is 3. The Hall–Kier alpha value is -5.29. The number of nitrogens with zero attached hydrogens (tertiary/aromatic N) is 4. The molecule has 1 aromatic carbocycles. The number of methoxy groups -OCH3 is 2. The zero-order chi connectivity index (χ0) is 37.4. The van der Waals surface area contributed by atoms with Gasteiger partial charge in [0, 0.05) is 42.6 Å². The highest BCUT2D eigenvalue weighted by atomic mass is 16.5. The number of rotatable bonds is 12. The van der Waals surface area contributed by atoms with Crippen molar-refractivity contribution in [1.29, 1.82) is 0 Å². The number of hydrogen-bond donors (Lipinski definition) is 2. The van der Waals surface area contributed by atoms with Crippen LogP contribution < -0.4 is 5.32 Å². The highest BCUT2D eigenvalue weighted by molar-refractivity contribution is 5.98. The first-order chi connectivity index (χ1) is 25.0. The minimum Gasteiger partial charge on any atom is -0.483 e. The first kappa shape index (κ1) is 38.0. The van der Waals surface area contributed by atoms with Crippen molar-refractivity contribution in [2.24, 2.45) is 22.7 Å². The maximum atomic E-state index is 13.5. The van der Waals surface area contributed by atoms with E-state index in [0.717, 1.165) is 59.6 Å². The number of aromatic amines is 1. The number of aromatic nitrogens is 2. The van der Waals surface area contributed by atoms with Crippen molar-refractivity contribution in [3.63, 3.8) is 0 Å². The molecule has 0 aliphatic carbocycles. The van der Waals surface area contributed by atoms with Gasteiger partial charge in [0.05, 0.1) is 50.5 Å². The second kappa shape index (κ2) is 17.3. The Labute approximate surface area is 307 Å². The minimum absolute atomic E-state index is 0.00939. The second-order valence-electron chi connectivity index (χ2n) is 14.2. The molecule has 0 unspecified atom stereocenters. The molecule has 11 nitrogen and oxygen atoms in total. The topological polar surface area (TPSA) is 129 Å². The SMILES string of the molecule is C=C(N[C@H](C(=O)N1CCC[C@H]1C1=NC=C(C#CC#Cc2ccc(-c3cnc([C@@H]4CCCN4C(=O)[C@@H](CC(=O)OC)C(C)C)[nH]3)cc2)C1)C(C)C)OC. The number of nitrogens with one attached hydrogen (secondary N) is 2. The van der Waals surface area contributed by atoms with E-state index in [1.807, 2.05) is 61.8 Å². The fourth-order valence-corrected chi connectivity index (χ4v) is 7.03. The van der Waals surface area contributed by atoms with Gasteiger partial charge in [0.15, 0.2) is 5.88 Å². The number of esters is 1. The number of likely N-dealkylation sites (tertiary alicyclic amines) is 2. The predicted molar refractivity (Wildman–Crippen MR) is 200 cm³/mol. The molecule has 2 fully saturated rings. The van der Waals surface area contributed by atoms with Crippen LogP contribution >= 0.6 is 0 Å². The molecule has 3 aliphatic heterocycles. The number of ether oxygens (including phenoxy) is 2. The summed E-state index contributed by atoms with van der Waals surface area (Å²) in [6.45, 7) is 13.1. The highest BCUT2D eigenvalue weighted by Crippen LogP contribution is 2.34. The molecule has 11 heteroatoms. The Balaban J connectivity index is 1.16. The Morgan fingerprint density at radius 3 is 2.27 bits per heavy atom. The van der Waals surface area contributed by atoms with Crippen molar-refractivity contribution in [3.05, 3.63) is 66.1 Å². The van der Waals surface area contributed by atoms with Gasteiger partial charge in [-0.15, -0.1) is 0 Å². The maximum Gasteiger partial charge on any atom is 0.306 e. The summed E-state index contributed by atoms with van der Waals surface area (Å²) < 4.78 is 10.0. The smallest absolute Gasteiger partial charge is 0.306 e. The van der Waals surface area contributed by atoms with Crippen LogP contribution in [0.1, 0.15) is 83.6 Å². The summed E-state index contributed by atoms with van der Waals surface area (Å²) in [6.07, 6.45) is 7.74. The van der Waals surface area contributed by atoms with Gasteiger partial charge in [-0.05, 0) is 73.6 Å². The van der Waals surface area contributed by atoms with Crippen molar-refractivity contribution in [1.82, 2.24) is 25.1 Å². The summed E-state index contributed by atoms with van der Waals surface area (Å²) in [6, 6.07) is 7.21. The van der Waals surface area contributed by atoms with E-state index in [4.69, 9.17) is 9.47 Å². The zero-order valence-corrected chi connectivity index (χ0v) is 31.1. The van der Waals surface area contributed by atoms with Crippen LogP contribution in [-0.2, 0) is 23.9 Å². The number of benzene rings is 1. The second-order valence-corrected chi connectivity index (χ2v) is 14.2.